The summed E-state index contributed by atoms with van der Waals surface area (Å²) in [6.07, 6.45) is 7.40. The van der Waals surface area contributed by atoms with Gasteiger partial charge in [0.25, 0.3) is 0 Å². The molecule has 1 aliphatic carbocycles. The molecule has 0 aromatic carbocycles. The minimum atomic E-state index is 0. The van der Waals surface area contributed by atoms with Crippen LogP contribution in [0.2, 0.25) is 0 Å². The highest BCUT2D eigenvalue weighted by Gasteiger charge is 2.27. The van der Waals surface area contributed by atoms with Crippen molar-refractivity contribution in [1.29, 1.82) is 0 Å². The molecule has 16 heavy (non-hydrogen) atoms. The van der Waals surface area contributed by atoms with Gasteiger partial charge in [-0.1, -0.05) is 12.8 Å². The molecule has 0 aromatic rings. The molecule has 1 heterocycles. The van der Waals surface area contributed by atoms with E-state index in [2.05, 4.69) is 17.6 Å². The van der Waals surface area contributed by atoms with Crippen LogP contribution in [0.4, 0.5) is 0 Å². The van der Waals surface area contributed by atoms with E-state index in [9.17, 15) is 4.79 Å². The smallest absolute Gasteiger partial charge is 0.237 e. The first kappa shape index (κ1) is 13.8. The maximum absolute atomic E-state index is 11.8. The molecule has 0 spiro atoms. The zero-order valence-corrected chi connectivity index (χ0v) is 10.8. The zero-order valence-electron chi connectivity index (χ0n) is 10.00. The summed E-state index contributed by atoms with van der Waals surface area (Å²) in [6.45, 7) is 3.15. The summed E-state index contributed by atoms with van der Waals surface area (Å²) in [5.74, 6) is 0.933. The molecule has 0 radical (unpaired) electrons. The van der Waals surface area contributed by atoms with Crippen molar-refractivity contribution in [2.24, 2.45) is 5.92 Å². The minimum Gasteiger partial charge on any atom is -0.352 e. The van der Waals surface area contributed by atoms with Gasteiger partial charge in [-0.2, -0.15) is 0 Å². The lowest BCUT2D eigenvalue weighted by Crippen LogP contribution is -2.46. The molecule has 1 saturated carbocycles. The van der Waals surface area contributed by atoms with E-state index in [0.29, 0.717) is 6.04 Å². The van der Waals surface area contributed by atoms with Crippen molar-refractivity contribution < 1.29 is 4.79 Å². The fraction of sp³-hybridized carbons (Fsp3) is 0.917. The Morgan fingerprint density at radius 1 is 1.25 bits per heavy atom. The lowest BCUT2D eigenvalue weighted by atomic mass is 9.99. The Kier molecular flexibility index (Phi) is 5.56. The van der Waals surface area contributed by atoms with E-state index < -0.39 is 0 Å². The molecule has 1 amide bonds. The molecular formula is C12H23ClN2O. The second-order valence-corrected chi connectivity index (χ2v) is 4.99. The standard InChI is InChI=1S/C12H22N2O.ClH/c1-9(10-5-2-3-6-10)14-12(15)11-7-4-8-13-11;/h9-11,13H,2-8H2,1H3,(H,14,15);1H/t9?,11-;/m0./s1. The van der Waals surface area contributed by atoms with Crippen molar-refractivity contribution in [2.45, 2.75) is 57.5 Å². The zero-order chi connectivity index (χ0) is 10.7. The maximum Gasteiger partial charge on any atom is 0.237 e. The molecule has 0 aromatic heterocycles. The van der Waals surface area contributed by atoms with E-state index in [0.717, 1.165) is 25.3 Å². The summed E-state index contributed by atoms with van der Waals surface area (Å²) in [6, 6.07) is 0.441. The third-order valence-electron chi connectivity index (χ3n) is 3.85. The average molecular weight is 247 g/mol. The van der Waals surface area contributed by atoms with Crippen molar-refractivity contribution in [3.8, 4) is 0 Å². The third-order valence-corrected chi connectivity index (χ3v) is 3.85. The Morgan fingerprint density at radius 2 is 1.94 bits per heavy atom. The van der Waals surface area contributed by atoms with Crippen molar-refractivity contribution in [1.82, 2.24) is 10.6 Å². The molecule has 3 nitrogen and oxygen atoms in total. The summed E-state index contributed by atoms with van der Waals surface area (Å²) < 4.78 is 0. The molecule has 94 valence electrons. The number of rotatable bonds is 3. The highest BCUT2D eigenvalue weighted by molar-refractivity contribution is 5.85. The van der Waals surface area contributed by atoms with Gasteiger partial charge in [0.2, 0.25) is 5.91 Å². The van der Waals surface area contributed by atoms with E-state index in [4.69, 9.17) is 0 Å². The van der Waals surface area contributed by atoms with Crippen LogP contribution in [0.15, 0.2) is 0 Å². The van der Waals surface area contributed by atoms with E-state index in [-0.39, 0.29) is 24.4 Å². The number of amides is 1. The van der Waals surface area contributed by atoms with Gasteiger partial charge in [-0.15, -0.1) is 12.4 Å². The second kappa shape index (κ2) is 6.45. The molecule has 2 aliphatic rings. The molecule has 1 unspecified atom stereocenters. The summed E-state index contributed by atoms with van der Waals surface area (Å²) in [5, 5.41) is 6.40. The lowest BCUT2D eigenvalue weighted by molar-refractivity contribution is -0.123. The van der Waals surface area contributed by atoms with Gasteiger partial charge in [-0.05, 0) is 45.1 Å². The van der Waals surface area contributed by atoms with Gasteiger partial charge < -0.3 is 10.6 Å². The van der Waals surface area contributed by atoms with E-state index in [1.807, 2.05) is 0 Å². The Labute approximate surface area is 104 Å². The first-order valence-electron chi connectivity index (χ1n) is 6.31. The summed E-state index contributed by atoms with van der Waals surface area (Å²) in [5.41, 5.74) is 0. The average Bonchev–Trinajstić information content (AvgIpc) is 2.91. The fourth-order valence-corrected chi connectivity index (χ4v) is 2.81. The first-order chi connectivity index (χ1) is 7.27. The van der Waals surface area contributed by atoms with Crippen LogP contribution >= 0.6 is 12.4 Å². The molecule has 1 saturated heterocycles. The summed E-state index contributed by atoms with van der Waals surface area (Å²) in [7, 11) is 0. The van der Waals surface area contributed by atoms with Crippen LogP contribution < -0.4 is 10.6 Å². The van der Waals surface area contributed by atoms with Crippen molar-refractivity contribution in [2.75, 3.05) is 6.54 Å². The molecule has 1 aliphatic heterocycles. The number of halogens is 1. The summed E-state index contributed by atoms with van der Waals surface area (Å²) >= 11 is 0. The number of hydrogen-bond donors (Lipinski definition) is 2. The van der Waals surface area contributed by atoms with Gasteiger partial charge in [0.15, 0.2) is 0 Å². The van der Waals surface area contributed by atoms with Crippen LogP contribution in [0.5, 0.6) is 0 Å². The Morgan fingerprint density at radius 3 is 2.50 bits per heavy atom. The highest BCUT2D eigenvalue weighted by Crippen LogP contribution is 2.27. The molecule has 2 N–H and O–H groups in total. The SMILES string of the molecule is CC(NC(=O)[C@@H]1CCCN1)C1CCCC1.Cl. The van der Waals surface area contributed by atoms with Crippen LogP contribution in [-0.2, 0) is 4.79 Å². The number of carbonyl (C=O) groups is 1. The van der Waals surface area contributed by atoms with Gasteiger partial charge in [0, 0.05) is 6.04 Å². The number of hydrogen-bond acceptors (Lipinski definition) is 2. The highest BCUT2D eigenvalue weighted by atomic mass is 35.5. The van der Waals surface area contributed by atoms with Gasteiger partial charge >= 0.3 is 0 Å². The van der Waals surface area contributed by atoms with E-state index in [1.54, 1.807) is 0 Å². The number of carbonyl (C=O) groups excluding carboxylic acids is 1. The molecule has 2 atom stereocenters. The van der Waals surface area contributed by atoms with Crippen LogP contribution in [0.25, 0.3) is 0 Å². The predicted octanol–water partition coefficient (Wildman–Crippen LogP) is 1.86. The number of nitrogens with one attached hydrogen (secondary N) is 2. The van der Waals surface area contributed by atoms with Crippen LogP contribution in [0.1, 0.15) is 45.4 Å². The maximum atomic E-state index is 11.8. The van der Waals surface area contributed by atoms with Crippen molar-refractivity contribution in [3.63, 3.8) is 0 Å². The van der Waals surface area contributed by atoms with E-state index in [1.165, 1.54) is 25.7 Å². The molecule has 2 rings (SSSR count). The normalized spacial score (nSPS) is 27.4. The fourth-order valence-electron chi connectivity index (χ4n) is 2.81. The molecular weight excluding hydrogens is 224 g/mol. The monoisotopic (exact) mass is 246 g/mol. The summed E-state index contributed by atoms with van der Waals surface area (Å²) in [4.78, 5) is 11.8. The van der Waals surface area contributed by atoms with Gasteiger partial charge in [0.05, 0.1) is 6.04 Å². The quantitative estimate of drug-likeness (QED) is 0.798. The van der Waals surface area contributed by atoms with Gasteiger partial charge in [-0.25, -0.2) is 0 Å². The van der Waals surface area contributed by atoms with Crippen molar-refractivity contribution >= 4 is 18.3 Å². The van der Waals surface area contributed by atoms with Gasteiger partial charge in [-0.3, -0.25) is 4.79 Å². The van der Waals surface area contributed by atoms with Gasteiger partial charge in [0.1, 0.15) is 0 Å². The van der Waals surface area contributed by atoms with Crippen LogP contribution in [0.3, 0.4) is 0 Å². The minimum absolute atomic E-state index is 0. The largest absolute Gasteiger partial charge is 0.352 e. The Hall–Kier alpha value is -0.280. The van der Waals surface area contributed by atoms with Crippen molar-refractivity contribution in [3.05, 3.63) is 0 Å². The Balaban J connectivity index is 0.00000128. The Bertz CT molecular complexity index is 223. The second-order valence-electron chi connectivity index (χ2n) is 4.99. The molecule has 0 bridgehead atoms. The molecule has 4 heteroatoms. The first-order valence-corrected chi connectivity index (χ1v) is 6.31. The topological polar surface area (TPSA) is 41.1 Å². The lowest BCUT2D eigenvalue weighted by Gasteiger charge is -2.22. The van der Waals surface area contributed by atoms with Crippen LogP contribution in [-0.4, -0.2) is 24.5 Å². The molecule has 2 fully saturated rings. The predicted molar refractivity (Wildman–Crippen MR) is 67.8 cm³/mol. The van der Waals surface area contributed by atoms with Crippen LogP contribution in [0, 0.1) is 5.92 Å². The van der Waals surface area contributed by atoms with E-state index >= 15 is 0 Å². The third kappa shape index (κ3) is 3.36.